The smallest absolute Gasteiger partial charge is 0.160 e. The first-order chi connectivity index (χ1) is 22.3. The highest BCUT2D eigenvalue weighted by atomic mass is 32.1. The molecule has 0 amide bonds. The topological polar surface area (TPSA) is 25.8 Å². The minimum Gasteiger partial charge on any atom is -0.228 e. The fourth-order valence-corrected chi connectivity index (χ4v) is 7.78. The van der Waals surface area contributed by atoms with Crippen molar-refractivity contribution in [3.63, 3.8) is 0 Å². The number of fused-ring (bicyclic) bond motifs is 6. The molecule has 0 saturated carbocycles. The van der Waals surface area contributed by atoms with Gasteiger partial charge in [-0.3, -0.25) is 0 Å². The lowest BCUT2D eigenvalue weighted by Gasteiger charge is -2.11. The SMILES string of the molecule is c1ccc(-c2nc(-c3cccc(-c4cccc(-c5cccc6sc7c8ccccc8ccc7c56)c4)c3)nc3ccccc23)cc1. The van der Waals surface area contributed by atoms with E-state index in [1.165, 1.54) is 47.6 Å². The van der Waals surface area contributed by atoms with Crippen LogP contribution >= 0.6 is 11.3 Å². The van der Waals surface area contributed by atoms with Gasteiger partial charge in [0.1, 0.15) is 0 Å². The van der Waals surface area contributed by atoms with Gasteiger partial charge in [0, 0.05) is 36.7 Å². The molecule has 9 aromatic rings. The summed E-state index contributed by atoms with van der Waals surface area (Å²) in [5, 5.41) is 6.30. The van der Waals surface area contributed by atoms with Crippen LogP contribution in [0.3, 0.4) is 0 Å². The highest BCUT2D eigenvalue weighted by molar-refractivity contribution is 7.26. The van der Waals surface area contributed by atoms with Crippen molar-refractivity contribution in [3.8, 4) is 44.9 Å². The molecule has 0 atom stereocenters. The fourth-order valence-electron chi connectivity index (χ4n) is 6.52. The summed E-state index contributed by atoms with van der Waals surface area (Å²) in [6, 6.07) is 56.0. The van der Waals surface area contributed by atoms with Crippen LogP contribution in [0.5, 0.6) is 0 Å². The minimum absolute atomic E-state index is 0.729. The first-order valence-corrected chi connectivity index (χ1v) is 16.0. The summed E-state index contributed by atoms with van der Waals surface area (Å²) in [5.74, 6) is 0.729. The molecule has 0 saturated heterocycles. The second-order valence-electron chi connectivity index (χ2n) is 11.4. The van der Waals surface area contributed by atoms with Crippen molar-refractivity contribution >= 4 is 53.2 Å². The second kappa shape index (κ2) is 10.5. The van der Waals surface area contributed by atoms with Crippen LogP contribution in [-0.2, 0) is 0 Å². The molecule has 0 bridgehead atoms. The molecule has 0 aliphatic rings. The molecule has 0 aliphatic heterocycles. The lowest BCUT2D eigenvalue weighted by atomic mass is 9.95. The van der Waals surface area contributed by atoms with Gasteiger partial charge in [0.2, 0.25) is 0 Å². The maximum atomic E-state index is 5.11. The highest BCUT2D eigenvalue weighted by Gasteiger charge is 2.15. The van der Waals surface area contributed by atoms with Crippen LogP contribution in [0.4, 0.5) is 0 Å². The van der Waals surface area contributed by atoms with Crippen LogP contribution in [0, 0.1) is 0 Å². The summed E-state index contributed by atoms with van der Waals surface area (Å²) in [6.45, 7) is 0. The van der Waals surface area contributed by atoms with E-state index in [4.69, 9.17) is 9.97 Å². The van der Waals surface area contributed by atoms with Crippen LogP contribution in [-0.4, -0.2) is 9.97 Å². The van der Waals surface area contributed by atoms with Crippen LogP contribution in [0.2, 0.25) is 0 Å². The van der Waals surface area contributed by atoms with E-state index < -0.39 is 0 Å². The second-order valence-corrected chi connectivity index (χ2v) is 12.4. The van der Waals surface area contributed by atoms with Gasteiger partial charge < -0.3 is 0 Å². The monoisotopic (exact) mass is 590 g/mol. The lowest BCUT2D eigenvalue weighted by Crippen LogP contribution is -1.95. The van der Waals surface area contributed by atoms with Gasteiger partial charge in [0.05, 0.1) is 11.2 Å². The predicted molar refractivity (Wildman–Crippen MR) is 192 cm³/mol. The van der Waals surface area contributed by atoms with Crippen molar-refractivity contribution in [3.05, 3.63) is 158 Å². The Morgan fingerprint density at radius 3 is 1.96 bits per heavy atom. The van der Waals surface area contributed by atoms with Crippen molar-refractivity contribution in [2.24, 2.45) is 0 Å². The van der Waals surface area contributed by atoms with Crippen molar-refractivity contribution in [1.29, 1.82) is 0 Å². The zero-order chi connectivity index (χ0) is 29.7. The molecule has 210 valence electrons. The van der Waals surface area contributed by atoms with Gasteiger partial charge in [-0.2, -0.15) is 0 Å². The average molecular weight is 591 g/mol. The van der Waals surface area contributed by atoms with Crippen LogP contribution < -0.4 is 0 Å². The van der Waals surface area contributed by atoms with Gasteiger partial charge in [0.25, 0.3) is 0 Å². The van der Waals surface area contributed by atoms with Crippen LogP contribution in [0.1, 0.15) is 0 Å². The Morgan fingerprint density at radius 1 is 0.422 bits per heavy atom. The largest absolute Gasteiger partial charge is 0.228 e. The third kappa shape index (κ3) is 4.40. The lowest BCUT2D eigenvalue weighted by molar-refractivity contribution is 1.23. The molecule has 0 aliphatic carbocycles. The normalized spacial score (nSPS) is 11.6. The summed E-state index contributed by atoms with van der Waals surface area (Å²) >= 11 is 1.89. The van der Waals surface area contributed by atoms with Crippen molar-refractivity contribution < 1.29 is 0 Å². The van der Waals surface area contributed by atoms with E-state index in [1.807, 2.05) is 29.5 Å². The van der Waals surface area contributed by atoms with Gasteiger partial charge >= 0.3 is 0 Å². The average Bonchev–Trinajstić information content (AvgIpc) is 3.51. The van der Waals surface area contributed by atoms with Crippen molar-refractivity contribution in [2.45, 2.75) is 0 Å². The molecule has 0 fully saturated rings. The maximum Gasteiger partial charge on any atom is 0.160 e. The number of benzene rings is 7. The molecule has 0 unspecified atom stereocenters. The van der Waals surface area contributed by atoms with Gasteiger partial charge in [-0.25, -0.2) is 9.97 Å². The third-order valence-corrected chi connectivity index (χ3v) is 9.87. The van der Waals surface area contributed by atoms with Crippen LogP contribution in [0.25, 0.3) is 86.7 Å². The van der Waals surface area contributed by atoms with E-state index in [-0.39, 0.29) is 0 Å². The zero-order valence-electron chi connectivity index (χ0n) is 24.3. The predicted octanol–water partition coefficient (Wildman–Crippen LogP) is 11.8. The Hall–Kier alpha value is -5.64. The summed E-state index contributed by atoms with van der Waals surface area (Å²) in [7, 11) is 0. The number of hydrogen-bond acceptors (Lipinski definition) is 3. The van der Waals surface area contributed by atoms with E-state index in [2.05, 4.69) is 140 Å². The van der Waals surface area contributed by atoms with E-state index in [0.29, 0.717) is 0 Å². The van der Waals surface area contributed by atoms with Crippen LogP contribution in [0.15, 0.2) is 158 Å². The van der Waals surface area contributed by atoms with Gasteiger partial charge in [-0.1, -0.05) is 133 Å². The van der Waals surface area contributed by atoms with E-state index in [1.54, 1.807) is 0 Å². The molecular formula is C42H26N2S. The Balaban J connectivity index is 1.16. The number of para-hydroxylation sites is 1. The summed E-state index contributed by atoms with van der Waals surface area (Å²) < 4.78 is 2.67. The molecule has 7 aromatic carbocycles. The molecule has 0 radical (unpaired) electrons. The standard InChI is InChI=1S/C42H26N2S/c1-2-12-28(13-3-1)40-35-19-6-7-21-37(35)43-42(44-40)32-17-9-15-30(26-32)29-14-8-16-31(25-29)33-20-10-22-38-39(33)36-24-23-27-11-4-5-18-34(27)41(36)45-38/h1-26H. The Labute approximate surface area is 264 Å². The molecule has 2 heterocycles. The summed E-state index contributed by atoms with van der Waals surface area (Å²) in [6.07, 6.45) is 0. The van der Waals surface area contributed by atoms with Crippen molar-refractivity contribution in [2.75, 3.05) is 0 Å². The minimum atomic E-state index is 0.729. The van der Waals surface area contributed by atoms with E-state index in [0.717, 1.165) is 39.1 Å². The number of hydrogen-bond donors (Lipinski definition) is 0. The number of thiophene rings is 1. The molecule has 0 spiro atoms. The molecule has 9 rings (SSSR count). The number of rotatable bonds is 4. The third-order valence-electron chi connectivity index (χ3n) is 8.67. The molecular weight excluding hydrogens is 565 g/mol. The molecule has 2 nitrogen and oxygen atoms in total. The highest BCUT2D eigenvalue weighted by Crippen LogP contribution is 2.43. The Kier molecular flexibility index (Phi) is 6.03. The van der Waals surface area contributed by atoms with Gasteiger partial charge in [-0.05, 0) is 57.3 Å². The first-order valence-electron chi connectivity index (χ1n) is 15.2. The molecule has 3 heteroatoms. The fraction of sp³-hybridized carbons (Fsp3) is 0. The first kappa shape index (κ1) is 25.8. The van der Waals surface area contributed by atoms with E-state index >= 15 is 0 Å². The quantitative estimate of drug-likeness (QED) is 0.204. The van der Waals surface area contributed by atoms with Gasteiger partial charge in [0.15, 0.2) is 5.82 Å². The number of aromatic nitrogens is 2. The van der Waals surface area contributed by atoms with Crippen molar-refractivity contribution in [1.82, 2.24) is 9.97 Å². The summed E-state index contributed by atoms with van der Waals surface area (Å²) in [4.78, 5) is 10.1. The molecule has 0 N–H and O–H groups in total. The van der Waals surface area contributed by atoms with Gasteiger partial charge in [-0.15, -0.1) is 11.3 Å². The van der Waals surface area contributed by atoms with E-state index in [9.17, 15) is 0 Å². The number of nitrogens with zero attached hydrogens (tertiary/aromatic N) is 2. The summed E-state index contributed by atoms with van der Waals surface area (Å²) in [5.41, 5.74) is 8.76. The zero-order valence-corrected chi connectivity index (χ0v) is 25.1. The Bertz CT molecular complexity index is 2550. The maximum absolute atomic E-state index is 5.11. The Morgan fingerprint density at radius 2 is 1.09 bits per heavy atom. The molecule has 2 aromatic heterocycles. The molecule has 45 heavy (non-hydrogen) atoms.